The fourth-order valence-electron chi connectivity index (χ4n) is 4.87. The minimum absolute atomic E-state index is 0.0104. The van der Waals surface area contributed by atoms with E-state index in [1.165, 1.54) is 0 Å². The van der Waals surface area contributed by atoms with Crippen molar-refractivity contribution >= 4 is 28.3 Å². The van der Waals surface area contributed by atoms with E-state index in [2.05, 4.69) is 4.90 Å². The van der Waals surface area contributed by atoms with Crippen LogP contribution in [0.25, 0.3) is 10.8 Å². The van der Waals surface area contributed by atoms with Gasteiger partial charge < -0.3 is 10.6 Å². The lowest BCUT2D eigenvalue weighted by Crippen LogP contribution is -2.60. The van der Waals surface area contributed by atoms with E-state index in [0.717, 1.165) is 48.8 Å². The molecule has 0 radical (unpaired) electrons. The van der Waals surface area contributed by atoms with E-state index in [1.54, 1.807) is 4.90 Å². The molecule has 2 aromatic carbocycles. The third kappa shape index (κ3) is 1.93. The maximum absolute atomic E-state index is 13.3. The number of rotatable bonds is 1. The predicted molar refractivity (Wildman–Crippen MR) is 96.5 cm³/mol. The summed E-state index contributed by atoms with van der Waals surface area (Å²) >= 11 is 0. The zero-order valence-electron chi connectivity index (χ0n) is 14.3. The molecule has 5 nitrogen and oxygen atoms in total. The zero-order valence-corrected chi connectivity index (χ0v) is 14.3. The van der Waals surface area contributed by atoms with Crippen molar-refractivity contribution in [1.82, 2.24) is 9.80 Å². The molecule has 2 amide bonds. The summed E-state index contributed by atoms with van der Waals surface area (Å²) in [5.41, 5.74) is 8.97. The maximum Gasteiger partial charge on any atom is 0.261 e. The highest BCUT2D eigenvalue weighted by Crippen LogP contribution is 2.39. The average molecular weight is 335 g/mol. The summed E-state index contributed by atoms with van der Waals surface area (Å²) in [6, 6.07) is 7.42. The highest BCUT2D eigenvalue weighted by atomic mass is 16.2. The van der Waals surface area contributed by atoms with E-state index >= 15 is 0 Å². The number of carbonyl (C=O) groups is 2. The molecular weight excluding hydrogens is 314 g/mol. The molecule has 2 N–H and O–H groups in total. The first-order valence-corrected chi connectivity index (χ1v) is 8.98. The van der Waals surface area contributed by atoms with Crippen LogP contribution in [-0.2, 0) is 0 Å². The number of hydrogen-bond acceptors (Lipinski definition) is 4. The molecule has 0 saturated carbocycles. The monoisotopic (exact) mass is 335 g/mol. The summed E-state index contributed by atoms with van der Waals surface area (Å²) in [7, 11) is 0. The van der Waals surface area contributed by atoms with Gasteiger partial charge in [0.25, 0.3) is 11.8 Å². The number of fused-ring (bicyclic) bond motifs is 3. The molecular formula is C20H21N3O2. The third-order valence-electron chi connectivity index (χ3n) is 6.26. The predicted octanol–water partition coefficient (Wildman–Crippen LogP) is 2.42. The van der Waals surface area contributed by atoms with Crippen molar-refractivity contribution in [2.24, 2.45) is 5.92 Å². The first-order valence-electron chi connectivity index (χ1n) is 8.98. The number of anilines is 1. The van der Waals surface area contributed by atoms with Gasteiger partial charge in [-0.2, -0.15) is 0 Å². The Morgan fingerprint density at radius 1 is 1.08 bits per heavy atom. The van der Waals surface area contributed by atoms with Gasteiger partial charge in [-0.1, -0.05) is 12.1 Å². The number of imide groups is 1. The molecule has 4 aliphatic heterocycles. The maximum atomic E-state index is 13.3. The van der Waals surface area contributed by atoms with Crippen LogP contribution in [-0.4, -0.2) is 47.3 Å². The van der Waals surface area contributed by atoms with Gasteiger partial charge in [-0.05, 0) is 56.5 Å². The molecule has 0 aromatic heterocycles. The Morgan fingerprint density at radius 3 is 2.48 bits per heavy atom. The summed E-state index contributed by atoms with van der Waals surface area (Å²) in [5, 5.41) is 1.53. The second-order valence-electron chi connectivity index (χ2n) is 7.57. The Kier molecular flexibility index (Phi) is 3.01. The number of piperidine rings is 3. The molecule has 0 spiro atoms. The number of nitrogen functional groups attached to an aromatic ring is 1. The van der Waals surface area contributed by atoms with Gasteiger partial charge in [0.15, 0.2) is 0 Å². The van der Waals surface area contributed by atoms with Crippen molar-refractivity contribution in [3.8, 4) is 0 Å². The van der Waals surface area contributed by atoms with Gasteiger partial charge in [-0.15, -0.1) is 0 Å². The van der Waals surface area contributed by atoms with Gasteiger partial charge in [0.05, 0.1) is 6.04 Å². The highest BCUT2D eigenvalue weighted by molar-refractivity contribution is 6.27. The van der Waals surface area contributed by atoms with Crippen LogP contribution in [0.5, 0.6) is 0 Å². The fourth-order valence-corrected chi connectivity index (χ4v) is 4.87. The number of carbonyl (C=O) groups excluding carboxylic acids is 2. The van der Waals surface area contributed by atoms with E-state index in [1.807, 2.05) is 31.2 Å². The summed E-state index contributed by atoms with van der Waals surface area (Å²) in [6.45, 7) is 4.89. The summed E-state index contributed by atoms with van der Waals surface area (Å²) in [5.74, 6) is 0.106. The van der Waals surface area contributed by atoms with Crippen molar-refractivity contribution in [1.29, 1.82) is 0 Å². The summed E-state index contributed by atoms with van der Waals surface area (Å²) < 4.78 is 0. The van der Waals surface area contributed by atoms with Crippen LogP contribution in [0.15, 0.2) is 24.3 Å². The number of amides is 2. The molecule has 3 saturated heterocycles. The lowest BCUT2D eigenvalue weighted by Gasteiger charge is -2.49. The number of aryl methyl sites for hydroxylation is 1. The van der Waals surface area contributed by atoms with Gasteiger partial charge in [0.2, 0.25) is 0 Å². The molecule has 4 heterocycles. The fraction of sp³-hybridized carbons (Fsp3) is 0.400. The van der Waals surface area contributed by atoms with Crippen LogP contribution < -0.4 is 5.73 Å². The topological polar surface area (TPSA) is 66.6 Å². The quantitative estimate of drug-likeness (QED) is 0.642. The van der Waals surface area contributed by atoms with E-state index in [0.29, 0.717) is 22.7 Å². The molecule has 25 heavy (non-hydrogen) atoms. The Balaban J connectivity index is 1.70. The van der Waals surface area contributed by atoms with Crippen molar-refractivity contribution in [3.05, 3.63) is 41.0 Å². The average Bonchev–Trinajstić information content (AvgIpc) is 2.64. The number of hydrogen-bond donors (Lipinski definition) is 1. The molecule has 1 atom stereocenters. The first kappa shape index (κ1) is 14.9. The van der Waals surface area contributed by atoms with Crippen LogP contribution >= 0.6 is 0 Å². The molecule has 3 fully saturated rings. The van der Waals surface area contributed by atoms with Gasteiger partial charge in [-0.3, -0.25) is 14.5 Å². The van der Waals surface area contributed by atoms with Gasteiger partial charge in [0.1, 0.15) is 0 Å². The van der Waals surface area contributed by atoms with Crippen LogP contribution in [0, 0.1) is 12.8 Å². The molecule has 0 aliphatic carbocycles. The molecule has 2 aromatic rings. The lowest BCUT2D eigenvalue weighted by molar-refractivity contribution is 0.00881. The van der Waals surface area contributed by atoms with Crippen LogP contribution in [0.4, 0.5) is 5.69 Å². The second kappa shape index (κ2) is 5.05. The largest absolute Gasteiger partial charge is 0.398 e. The molecule has 6 rings (SSSR count). The third-order valence-corrected chi connectivity index (χ3v) is 6.26. The van der Waals surface area contributed by atoms with Crippen LogP contribution in [0.2, 0.25) is 0 Å². The van der Waals surface area contributed by atoms with E-state index in [4.69, 9.17) is 5.73 Å². The van der Waals surface area contributed by atoms with Crippen LogP contribution in [0.1, 0.15) is 39.1 Å². The zero-order chi connectivity index (χ0) is 17.3. The SMILES string of the molecule is Cc1cc2c3c(cccc3c1N)C(=O)N(C1CN3CCC1CC3)C2=O. The van der Waals surface area contributed by atoms with E-state index < -0.39 is 0 Å². The molecule has 4 aliphatic rings. The molecule has 2 bridgehead atoms. The Bertz CT molecular complexity index is 928. The van der Waals surface area contributed by atoms with Crippen LogP contribution in [0.3, 0.4) is 0 Å². The Morgan fingerprint density at radius 2 is 1.80 bits per heavy atom. The minimum atomic E-state index is -0.162. The smallest absolute Gasteiger partial charge is 0.261 e. The standard InChI is InChI=1S/C20H21N3O2/c1-11-9-15-17-13(18(11)21)3-2-4-14(17)19(24)23(20(15)25)16-10-22-7-5-12(16)6-8-22/h2-4,9,12,16H,5-8,10,21H2,1H3. The Hall–Kier alpha value is -2.40. The van der Waals surface area contributed by atoms with Crippen molar-refractivity contribution in [2.75, 3.05) is 25.4 Å². The molecule has 128 valence electrons. The molecule has 1 unspecified atom stereocenters. The van der Waals surface area contributed by atoms with E-state index in [9.17, 15) is 9.59 Å². The van der Waals surface area contributed by atoms with Gasteiger partial charge in [0, 0.05) is 34.1 Å². The second-order valence-corrected chi connectivity index (χ2v) is 7.57. The first-order chi connectivity index (χ1) is 12.1. The lowest BCUT2D eigenvalue weighted by atomic mass is 9.81. The summed E-state index contributed by atoms with van der Waals surface area (Å²) in [6.07, 6.45) is 2.14. The normalized spacial score (nSPS) is 28.0. The minimum Gasteiger partial charge on any atom is -0.398 e. The van der Waals surface area contributed by atoms with Crippen molar-refractivity contribution < 1.29 is 9.59 Å². The van der Waals surface area contributed by atoms with Crippen molar-refractivity contribution in [2.45, 2.75) is 25.8 Å². The number of benzene rings is 2. The number of nitrogens with two attached hydrogens (primary N) is 1. The Labute approximate surface area is 146 Å². The van der Waals surface area contributed by atoms with Gasteiger partial charge >= 0.3 is 0 Å². The summed E-state index contributed by atoms with van der Waals surface area (Å²) in [4.78, 5) is 30.4. The number of nitrogens with zero attached hydrogens (tertiary/aromatic N) is 2. The van der Waals surface area contributed by atoms with E-state index in [-0.39, 0.29) is 17.9 Å². The highest BCUT2D eigenvalue weighted by Gasteiger charge is 2.45. The van der Waals surface area contributed by atoms with Crippen molar-refractivity contribution in [3.63, 3.8) is 0 Å². The van der Waals surface area contributed by atoms with Gasteiger partial charge in [-0.25, -0.2) is 0 Å². The molecule has 5 heteroatoms.